The van der Waals surface area contributed by atoms with Gasteiger partial charge in [-0.15, -0.1) is 0 Å². The van der Waals surface area contributed by atoms with Crippen molar-refractivity contribution in [1.29, 1.82) is 31.6 Å². The van der Waals surface area contributed by atoms with Gasteiger partial charge in [0.15, 0.2) is 0 Å². The van der Waals surface area contributed by atoms with E-state index < -0.39 is 0 Å². The molecule has 0 N–H and O–H groups in total. The molecule has 4 fully saturated rings. The lowest BCUT2D eigenvalue weighted by Crippen LogP contribution is -2.10. The Morgan fingerprint density at radius 2 is 0.573 bits per heavy atom. The lowest BCUT2D eigenvalue weighted by molar-refractivity contribution is 0.294. The van der Waals surface area contributed by atoms with E-state index in [0.29, 0.717) is 45.3 Å². The van der Waals surface area contributed by atoms with E-state index in [1.165, 1.54) is 186 Å². The molecule has 6 heteroatoms. The van der Waals surface area contributed by atoms with Crippen LogP contribution in [0.25, 0.3) is 0 Å². The van der Waals surface area contributed by atoms with Crippen LogP contribution in [-0.2, 0) is 0 Å². The second-order valence-corrected chi connectivity index (χ2v) is 27.0. The van der Waals surface area contributed by atoms with Gasteiger partial charge in [-0.2, -0.15) is 31.6 Å². The van der Waals surface area contributed by atoms with Gasteiger partial charge in [-0.05, 0) is 167 Å². The molecule has 0 aromatic carbocycles. The first-order chi connectivity index (χ1) is 35.7. The maximum Gasteiger partial charge on any atom is 0.0621 e. The number of hydrogen-bond acceptors (Lipinski definition) is 6. The molecule has 4 saturated carbocycles. The molecular weight excluding hydrogens is 913 g/mol. The molecule has 0 aliphatic heterocycles. The molecule has 0 radical (unpaired) electrons. The van der Waals surface area contributed by atoms with Gasteiger partial charge in [0.2, 0.25) is 0 Å². The molecular formula is C69H120N6. The predicted molar refractivity (Wildman–Crippen MR) is 322 cm³/mol. The monoisotopic (exact) mass is 1030 g/mol. The number of nitrogens with zero attached hydrogens (tertiary/aromatic N) is 6. The molecule has 0 aromatic rings. The van der Waals surface area contributed by atoms with Gasteiger partial charge in [-0.25, -0.2) is 0 Å². The van der Waals surface area contributed by atoms with Crippen LogP contribution in [0.15, 0.2) is 24.3 Å². The van der Waals surface area contributed by atoms with E-state index in [2.05, 4.69) is 130 Å². The standard InChI is InChI=1S/C13H23N.C13H21N.C12H21N.C12H19N.C10H19N.C9H17N/c2*1-13(10-6-7-11-13)9-5-3-2-4-8-12-14;2*1-12(9-5-6-10-12)8-4-2-3-7-11-13;1-10(2,3)8-6-4-5-7-9-11;1-9(2,3)7-5-4-6-8-10/h2-11H2,1H3;5,9H,2-4,6-8,10-11H2,1H3;2-10H2,1H3;4,8H,2-3,5-7,9-10H2,1H3;4-8H2,1-3H3;4-7H2,1-3H3/b;9-5-;;8-4-;;. The Labute approximate surface area is 468 Å². The quantitative estimate of drug-likeness (QED) is 0.0592. The van der Waals surface area contributed by atoms with E-state index >= 15 is 0 Å². The third kappa shape index (κ3) is 49.7. The molecule has 0 aromatic heterocycles. The fourth-order valence-electron chi connectivity index (χ4n) is 11.1. The summed E-state index contributed by atoms with van der Waals surface area (Å²) in [7, 11) is 0. The number of nitriles is 6. The number of hydrogen-bond donors (Lipinski definition) is 0. The second kappa shape index (κ2) is 46.5. The maximum absolute atomic E-state index is 8.39. The normalized spacial score (nSPS) is 17.5. The zero-order chi connectivity index (χ0) is 56.5. The summed E-state index contributed by atoms with van der Waals surface area (Å²) in [6.45, 7) is 23.1. The van der Waals surface area contributed by atoms with E-state index in [-0.39, 0.29) is 0 Å². The Kier molecular flexibility index (Phi) is 45.6. The smallest absolute Gasteiger partial charge is 0.0621 e. The van der Waals surface area contributed by atoms with Crippen LogP contribution < -0.4 is 0 Å². The van der Waals surface area contributed by atoms with E-state index in [4.69, 9.17) is 31.6 Å². The van der Waals surface area contributed by atoms with Crippen LogP contribution in [0.2, 0.25) is 0 Å². The van der Waals surface area contributed by atoms with Gasteiger partial charge in [0.25, 0.3) is 0 Å². The molecule has 0 saturated heterocycles. The molecule has 4 aliphatic rings. The lowest BCUT2D eigenvalue weighted by Gasteiger charge is -2.22. The van der Waals surface area contributed by atoms with Gasteiger partial charge in [0, 0.05) is 38.5 Å². The fraction of sp³-hybridized carbons (Fsp3) is 0.855. The number of allylic oxidation sites excluding steroid dienone is 4. The van der Waals surface area contributed by atoms with Crippen molar-refractivity contribution < 1.29 is 0 Å². The molecule has 0 heterocycles. The first-order valence-electron chi connectivity index (χ1n) is 31.3. The Balaban J connectivity index is 0. The second-order valence-electron chi connectivity index (χ2n) is 27.0. The fourth-order valence-corrected chi connectivity index (χ4v) is 11.1. The molecule has 0 spiro atoms. The van der Waals surface area contributed by atoms with Crippen LogP contribution in [0.4, 0.5) is 0 Å². The predicted octanol–water partition coefficient (Wildman–Crippen LogP) is 23.1. The van der Waals surface area contributed by atoms with Gasteiger partial charge >= 0.3 is 0 Å². The topological polar surface area (TPSA) is 143 Å². The van der Waals surface area contributed by atoms with Gasteiger partial charge in [0.1, 0.15) is 0 Å². The molecule has 0 bridgehead atoms. The van der Waals surface area contributed by atoms with E-state index in [0.717, 1.165) is 77.0 Å². The van der Waals surface area contributed by atoms with E-state index in [1.54, 1.807) is 0 Å². The van der Waals surface area contributed by atoms with Crippen LogP contribution >= 0.6 is 0 Å². The minimum atomic E-state index is 0.440. The van der Waals surface area contributed by atoms with Gasteiger partial charge in [-0.3, -0.25) is 0 Å². The maximum atomic E-state index is 8.39. The molecule has 4 rings (SSSR count). The average molecular weight is 1030 g/mol. The first kappa shape index (κ1) is 73.5. The van der Waals surface area contributed by atoms with Crippen LogP contribution in [0.1, 0.15) is 345 Å². The third-order valence-corrected chi connectivity index (χ3v) is 16.3. The van der Waals surface area contributed by atoms with Crippen LogP contribution in [0.3, 0.4) is 0 Å². The Hall–Kier alpha value is -3.58. The summed E-state index contributed by atoms with van der Waals surface area (Å²) < 4.78 is 0. The summed E-state index contributed by atoms with van der Waals surface area (Å²) in [4.78, 5) is 0. The number of rotatable bonds is 27. The molecule has 75 heavy (non-hydrogen) atoms. The largest absolute Gasteiger partial charge is 0.198 e. The van der Waals surface area contributed by atoms with Crippen molar-refractivity contribution >= 4 is 0 Å². The Bertz CT molecular complexity index is 1660. The highest BCUT2D eigenvalue weighted by Crippen LogP contribution is 2.43. The lowest BCUT2D eigenvalue weighted by atomic mass is 9.83. The third-order valence-electron chi connectivity index (χ3n) is 16.3. The molecule has 4 aliphatic carbocycles. The van der Waals surface area contributed by atoms with Crippen molar-refractivity contribution in [2.24, 2.45) is 32.5 Å². The molecule has 426 valence electrons. The van der Waals surface area contributed by atoms with Gasteiger partial charge < -0.3 is 0 Å². The van der Waals surface area contributed by atoms with Crippen molar-refractivity contribution in [2.75, 3.05) is 0 Å². The van der Waals surface area contributed by atoms with Crippen molar-refractivity contribution in [3.05, 3.63) is 24.3 Å². The summed E-state index contributed by atoms with van der Waals surface area (Å²) in [5.41, 5.74) is 3.21. The zero-order valence-electron chi connectivity index (χ0n) is 51.4. The highest BCUT2D eigenvalue weighted by atomic mass is 14.3. The SMILES string of the molecule is CC(C)(C)CCCCC#N.CC(C)(C)CCCCCC#N.CC1(/C=C\CCCC#N)CCCC1.CC1(/C=C\CCCCC#N)CCCC1.CC1(CCCCCC#N)CCCC1.CC1(CCCCCCC#N)CCCC1. The minimum Gasteiger partial charge on any atom is -0.198 e. The summed E-state index contributed by atoms with van der Waals surface area (Å²) >= 11 is 0. The summed E-state index contributed by atoms with van der Waals surface area (Å²) in [6.07, 6.45) is 61.6. The summed E-state index contributed by atoms with van der Waals surface area (Å²) in [5, 5.41) is 50.0. The molecule has 6 nitrogen and oxygen atoms in total. The van der Waals surface area contributed by atoms with Crippen molar-refractivity contribution in [3.8, 4) is 36.4 Å². The highest BCUT2D eigenvalue weighted by molar-refractivity contribution is 5.01. The highest BCUT2D eigenvalue weighted by Gasteiger charge is 2.29. The Morgan fingerprint density at radius 3 is 0.920 bits per heavy atom. The van der Waals surface area contributed by atoms with Crippen LogP contribution in [0.5, 0.6) is 0 Å². The molecule has 0 unspecified atom stereocenters. The Morgan fingerprint density at radius 1 is 0.320 bits per heavy atom. The van der Waals surface area contributed by atoms with Crippen molar-refractivity contribution in [2.45, 2.75) is 345 Å². The number of unbranched alkanes of at least 4 members (excludes halogenated alkanes) is 17. The van der Waals surface area contributed by atoms with Crippen LogP contribution in [-0.4, -0.2) is 0 Å². The molecule has 0 amide bonds. The average Bonchev–Trinajstić information content (AvgIpc) is 4.20. The summed E-state index contributed by atoms with van der Waals surface area (Å²) in [5.74, 6) is 0. The van der Waals surface area contributed by atoms with E-state index in [1.807, 2.05) is 0 Å². The van der Waals surface area contributed by atoms with Gasteiger partial charge in [-0.1, -0.05) is 196 Å². The van der Waals surface area contributed by atoms with Crippen molar-refractivity contribution in [3.63, 3.8) is 0 Å². The van der Waals surface area contributed by atoms with E-state index in [9.17, 15) is 0 Å². The van der Waals surface area contributed by atoms with Crippen LogP contribution in [0, 0.1) is 100 Å². The van der Waals surface area contributed by atoms with Gasteiger partial charge in [0.05, 0.1) is 36.4 Å². The molecule has 0 atom stereocenters. The minimum absolute atomic E-state index is 0.440. The summed E-state index contributed by atoms with van der Waals surface area (Å²) in [6, 6.07) is 13.1. The van der Waals surface area contributed by atoms with Crippen molar-refractivity contribution in [1.82, 2.24) is 0 Å². The zero-order valence-corrected chi connectivity index (χ0v) is 51.4. The first-order valence-corrected chi connectivity index (χ1v) is 31.3.